The summed E-state index contributed by atoms with van der Waals surface area (Å²) in [6.45, 7) is 4.50. The van der Waals surface area contributed by atoms with Crippen LogP contribution in [-0.2, 0) is 6.54 Å². The molecule has 2 rings (SSSR count). The smallest absolute Gasteiger partial charge is 0.257 e. The highest BCUT2D eigenvalue weighted by Crippen LogP contribution is 2.42. The molecule has 0 heterocycles. The van der Waals surface area contributed by atoms with Crippen LogP contribution in [0.15, 0.2) is 24.3 Å². The number of amides is 1. The summed E-state index contributed by atoms with van der Waals surface area (Å²) in [4.78, 5) is 12.6. The van der Waals surface area contributed by atoms with Crippen LogP contribution in [0.1, 0.15) is 27.0 Å². The van der Waals surface area contributed by atoms with Crippen LogP contribution in [0.3, 0.4) is 0 Å². The maximum atomic E-state index is 12.6. The third-order valence-corrected chi connectivity index (χ3v) is 4.11. The second kappa shape index (κ2) is 9.31. The van der Waals surface area contributed by atoms with Gasteiger partial charge in [0.1, 0.15) is 5.56 Å². The lowest BCUT2D eigenvalue weighted by Gasteiger charge is -2.15. The Morgan fingerprint density at radius 3 is 2.23 bits per heavy atom. The highest BCUT2D eigenvalue weighted by atomic mass is 35.5. The number of carbonyl (C=O) groups is 1. The molecule has 0 fully saturated rings. The summed E-state index contributed by atoms with van der Waals surface area (Å²) in [6.07, 6.45) is 0. The second-order valence-corrected chi connectivity index (χ2v) is 5.78. The number of hydrogen-bond acceptors (Lipinski definition) is 4. The number of hydrogen-bond donors (Lipinski definition) is 2. The molecule has 0 aliphatic carbocycles. The van der Waals surface area contributed by atoms with E-state index in [1.165, 1.54) is 26.9 Å². The van der Waals surface area contributed by atoms with Gasteiger partial charge < -0.3 is 37.7 Å². The Balaban J connectivity index is 0.00000338. The number of methoxy groups -OCH3 is 3. The molecule has 4 N–H and O–H groups in total. The maximum absolute atomic E-state index is 12.6. The van der Waals surface area contributed by atoms with Crippen molar-refractivity contribution in [1.82, 2.24) is 5.32 Å². The number of carbonyl (C=O) groups excluding carboxylic acids is 1. The van der Waals surface area contributed by atoms with E-state index < -0.39 is 0 Å². The first-order valence-electron chi connectivity index (χ1n) is 7.92. The first-order valence-corrected chi connectivity index (χ1v) is 7.92. The highest BCUT2D eigenvalue weighted by molar-refractivity contribution is 6.00. The molecule has 0 saturated carbocycles. The van der Waals surface area contributed by atoms with E-state index in [-0.39, 0.29) is 18.3 Å². The molecule has 0 atom stereocenters. The first kappa shape index (κ1) is 21.6. The molecule has 1 amide bonds. The van der Waals surface area contributed by atoms with Gasteiger partial charge in [0.2, 0.25) is 11.5 Å². The van der Waals surface area contributed by atoms with Gasteiger partial charge in [0, 0.05) is 12.6 Å². The van der Waals surface area contributed by atoms with Gasteiger partial charge in [-0.15, -0.1) is 0 Å². The van der Waals surface area contributed by atoms with Gasteiger partial charge in [-0.1, -0.05) is 23.8 Å². The summed E-state index contributed by atoms with van der Waals surface area (Å²) in [7, 11) is 4.53. The Bertz CT molecular complexity index is 794. The molecule has 0 aliphatic heterocycles. The van der Waals surface area contributed by atoms with E-state index in [0.717, 1.165) is 11.1 Å². The standard InChI is InChI=1S/C19H24N2O4.ClH/c1-11-6-7-13(12(2)8-11)10-21-19(22)14-9-15(23-3)17(24-4)18(25-5)16(14)20;/h6-9H,10,20H2,1-5H3,(H,21,22);1H. The number of benzene rings is 2. The van der Waals surface area contributed by atoms with Crippen LogP contribution in [-0.4, -0.2) is 27.2 Å². The molecule has 0 aliphatic rings. The van der Waals surface area contributed by atoms with E-state index in [1.54, 1.807) is 6.07 Å². The molecule has 0 aromatic heterocycles. The molecular formula is C19H25ClN2O4. The number of ether oxygens (including phenoxy) is 3. The highest BCUT2D eigenvalue weighted by Gasteiger charge is 2.25. The van der Waals surface area contributed by atoms with Crippen molar-refractivity contribution in [3.63, 3.8) is 0 Å². The van der Waals surface area contributed by atoms with Crippen LogP contribution in [0.5, 0.6) is 17.2 Å². The zero-order valence-electron chi connectivity index (χ0n) is 15.7. The summed E-state index contributed by atoms with van der Waals surface area (Å²) in [5.41, 5.74) is 8.20. The minimum Gasteiger partial charge on any atom is -1.00 e. The number of nitrogens with one attached hydrogen (secondary N) is 1. The molecule has 0 spiro atoms. The van der Waals surface area contributed by atoms with E-state index in [0.29, 0.717) is 35.0 Å². The molecule has 0 unspecified atom stereocenters. The molecule has 0 bridgehead atoms. The lowest BCUT2D eigenvalue weighted by Crippen LogP contribution is -3.00. The lowest BCUT2D eigenvalue weighted by atomic mass is 10.1. The Morgan fingerprint density at radius 1 is 1.04 bits per heavy atom. The molecule has 142 valence electrons. The van der Waals surface area contributed by atoms with Crippen LogP contribution >= 0.6 is 0 Å². The fourth-order valence-electron chi connectivity index (χ4n) is 2.73. The van der Waals surface area contributed by atoms with Crippen molar-refractivity contribution < 1.29 is 37.1 Å². The Hall–Kier alpha value is -2.44. The minimum absolute atomic E-state index is 0. The van der Waals surface area contributed by atoms with E-state index in [4.69, 9.17) is 14.2 Å². The number of rotatable bonds is 6. The van der Waals surface area contributed by atoms with E-state index in [2.05, 4.69) is 17.1 Å². The van der Waals surface area contributed by atoms with Crippen molar-refractivity contribution in [2.75, 3.05) is 21.3 Å². The topological polar surface area (TPSA) is 84.4 Å². The van der Waals surface area contributed by atoms with Crippen LogP contribution in [0.25, 0.3) is 0 Å². The van der Waals surface area contributed by atoms with E-state index >= 15 is 0 Å². The molecule has 0 saturated heterocycles. The van der Waals surface area contributed by atoms with Gasteiger partial charge in [-0.3, -0.25) is 4.79 Å². The van der Waals surface area contributed by atoms with Gasteiger partial charge in [-0.25, -0.2) is 0 Å². The largest absolute Gasteiger partial charge is 1.00 e. The Labute approximate surface area is 160 Å². The van der Waals surface area contributed by atoms with Gasteiger partial charge in [-0.2, -0.15) is 0 Å². The minimum atomic E-state index is -0.246. The fourth-order valence-corrected chi connectivity index (χ4v) is 2.73. The number of aryl methyl sites for hydroxylation is 2. The number of halogens is 1. The Morgan fingerprint density at radius 2 is 1.69 bits per heavy atom. The van der Waals surface area contributed by atoms with Crippen molar-refractivity contribution in [2.24, 2.45) is 0 Å². The van der Waals surface area contributed by atoms with Crippen molar-refractivity contribution >= 4 is 11.6 Å². The zero-order chi connectivity index (χ0) is 18.6. The van der Waals surface area contributed by atoms with Gasteiger partial charge in [0.05, 0.1) is 21.3 Å². The lowest BCUT2D eigenvalue weighted by molar-refractivity contribution is -0.256. The summed E-state index contributed by atoms with van der Waals surface area (Å²) in [6, 6.07) is 7.75. The SMILES string of the molecule is COc1cc(C(=O)NCc2ccc(C)cc2C)c([NH3+])c(OC)c1OC.[Cl-]. The van der Waals surface area contributed by atoms with Crippen molar-refractivity contribution in [3.05, 3.63) is 46.5 Å². The van der Waals surface area contributed by atoms with E-state index in [1.807, 2.05) is 26.0 Å². The third-order valence-electron chi connectivity index (χ3n) is 4.11. The predicted octanol–water partition coefficient (Wildman–Crippen LogP) is -0.863. The molecule has 2 aromatic rings. The van der Waals surface area contributed by atoms with Crippen molar-refractivity contribution in [3.8, 4) is 17.2 Å². The van der Waals surface area contributed by atoms with Gasteiger partial charge in [0.15, 0.2) is 11.4 Å². The molecule has 2 aromatic carbocycles. The van der Waals surface area contributed by atoms with Crippen LogP contribution in [0.4, 0.5) is 5.69 Å². The molecule has 26 heavy (non-hydrogen) atoms. The predicted molar refractivity (Wildman–Crippen MR) is 95.7 cm³/mol. The first-order chi connectivity index (χ1) is 11.9. The van der Waals surface area contributed by atoms with Gasteiger partial charge >= 0.3 is 0 Å². The molecule has 0 radical (unpaired) electrons. The van der Waals surface area contributed by atoms with Gasteiger partial charge in [-0.05, 0) is 25.0 Å². The average Bonchev–Trinajstić information content (AvgIpc) is 2.60. The summed E-state index contributed by atoms with van der Waals surface area (Å²) < 4.78 is 16.0. The third kappa shape index (κ3) is 4.39. The summed E-state index contributed by atoms with van der Waals surface area (Å²) >= 11 is 0. The van der Waals surface area contributed by atoms with Crippen LogP contribution < -0.4 is 37.7 Å². The maximum Gasteiger partial charge on any atom is 0.257 e. The van der Waals surface area contributed by atoms with Crippen molar-refractivity contribution in [2.45, 2.75) is 20.4 Å². The number of quaternary nitrogens is 1. The summed E-state index contributed by atoms with van der Waals surface area (Å²) in [5.74, 6) is 0.979. The fraction of sp³-hybridized carbons (Fsp3) is 0.316. The monoisotopic (exact) mass is 380 g/mol. The quantitative estimate of drug-likeness (QED) is 0.683. The second-order valence-electron chi connectivity index (χ2n) is 5.78. The van der Waals surface area contributed by atoms with Crippen molar-refractivity contribution in [1.29, 1.82) is 0 Å². The Kier molecular flexibility index (Phi) is 7.74. The van der Waals surface area contributed by atoms with Gasteiger partial charge in [0.25, 0.3) is 5.91 Å². The molecule has 7 heteroatoms. The zero-order valence-corrected chi connectivity index (χ0v) is 16.5. The normalized spacial score (nSPS) is 9.92. The van der Waals surface area contributed by atoms with E-state index in [9.17, 15) is 4.79 Å². The molecular weight excluding hydrogens is 356 g/mol. The van der Waals surface area contributed by atoms with Crippen LogP contribution in [0, 0.1) is 13.8 Å². The van der Waals surface area contributed by atoms with Crippen LogP contribution in [0.2, 0.25) is 0 Å². The molecule has 6 nitrogen and oxygen atoms in total. The summed E-state index contributed by atoms with van der Waals surface area (Å²) in [5, 5.41) is 2.93. The average molecular weight is 381 g/mol.